The predicted molar refractivity (Wildman–Crippen MR) is 36.3 cm³/mol. The average molecular weight is 239 g/mol. The average Bonchev–Trinajstić information content (AvgIpc) is 2.20. The van der Waals surface area contributed by atoms with Gasteiger partial charge >= 0.3 is 37.8 Å². The van der Waals surface area contributed by atoms with E-state index in [1.54, 1.807) is 6.07 Å². The molecule has 1 aromatic heterocycles. The van der Waals surface area contributed by atoms with Crippen molar-refractivity contribution in [2.45, 2.75) is 0 Å². The fourth-order valence-corrected chi connectivity index (χ4v) is 0.489. The summed E-state index contributed by atoms with van der Waals surface area (Å²) in [7, 11) is 0. The molecule has 0 aliphatic carbocycles. The Morgan fingerprint density at radius 3 is 2.29 bits per heavy atom. The molecule has 0 aromatic carbocycles. The Morgan fingerprint density at radius 1 is 1.50 bits per heavy atom. The molecule has 8 heteroatoms. The summed E-state index contributed by atoms with van der Waals surface area (Å²) >= 11 is -3.65. The van der Waals surface area contributed by atoms with Gasteiger partial charge in [-0.2, -0.15) is 0 Å². The third kappa shape index (κ3) is 6.26. The first kappa shape index (κ1) is 12.7. The molecule has 0 spiro atoms. The molecule has 0 atom stereocenters. The standard InChI is InChI=1S/C6H5NO2.H2O2.2O.V/c8-6(9)5-2-1-3-7-4-5;1-2;;;/h1-4H,(H,8,9);1-2H;;;/q;;;;+1/p-1. The van der Waals surface area contributed by atoms with Gasteiger partial charge in [0.25, 0.3) is 0 Å². The number of pyridine rings is 1. The van der Waals surface area contributed by atoms with Gasteiger partial charge < -0.3 is 5.11 Å². The van der Waals surface area contributed by atoms with Crippen LogP contribution in [0, 0.1) is 0 Å². The van der Waals surface area contributed by atoms with Crippen LogP contribution < -0.4 is 0 Å². The van der Waals surface area contributed by atoms with Crippen LogP contribution in [0.5, 0.6) is 0 Å². The van der Waals surface area contributed by atoms with Crippen molar-refractivity contribution in [2.75, 3.05) is 0 Å². The molecule has 0 aliphatic heterocycles. The number of nitrogens with zero attached hydrogens (tertiary/aromatic N) is 1. The SMILES string of the molecule is O=C(O)c1cccnc1.[O]=[V](=[O])[O]O. The fourth-order valence-electron chi connectivity index (χ4n) is 0.489. The Hall–Kier alpha value is -1.28. The molecule has 0 unspecified atom stereocenters. The van der Waals surface area contributed by atoms with Crippen LogP contribution in [0.25, 0.3) is 0 Å². The molecule has 7 nitrogen and oxygen atoms in total. The molecule has 2 N–H and O–H groups in total. The van der Waals surface area contributed by atoms with Crippen LogP contribution in [-0.4, -0.2) is 21.3 Å². The van der Waals surface area contributed by atoms with E-state index >= 15 is 0 Å². The first-order valence-corrected chi connectivity index (χ1v) is 4.88. The number of hydrogen-bond donors (Lipinski definition) is 2. The van der Waals surface area contributed by atoms with E-state index in [-0.39, 0.29) is 5.56 Å². The van der Waals surface area contributed by atoms with E-state index in [1.807, 2.05) is 0 Å². The number of carboxylic acids is 1. The maximum atomic E-state index is 10.2. The van der Waals surface area contributed by atoms with E-state index in [4.69, 9.17) is 17.7 Å². The number of carbonyl (C=O) groups is 1. The summed E-state index contributed by atoms with van der Waals surface area (Å²) < 4.78 is 20.8. The van der Waals surface area contributed by atoms with Crippen LogP contribution >= 0.6 is 0 Å². The van der Waals surface area contributed by atoms with E-state index in [0.29, 0.717) is 0 Å². The van der Waals surface area contributed by atoms with Gasteiger partial charge in [-0.15, -0.1) is 0 Å². The second kappa shape index (κ2) is 7.16. The molecule has 0 amide bonds. The Morgan fingerprint density at radius 2 is 2.07 bits per heavy atom. The second-order valence-corrected chi connectivity index (χ2v) is 2.81. The van der Waals surface area contributed by atoms with Crippen LogP contribution in [0.4, 0.5) is 0 Å². The Balaban J connectivity index is 0.000000292. The van der Waals surface area contributed by atoms with E-state index in [2.05, 4.69) is 8.80 Å². The second-order valence-electron chi connectivity index (χ2n) is 1.85. The van der Waals surface area contributed by atoms with Gasteiger partial charge in [-0.05, 0) is 12.1 Å². The third-order valence-corrected chi connectivity index (χ3v) is 1.18. The van der Waals surface area contributed by atoms with Crippen LogP contribution in [0.3, 0.4) is 0 Å². The number of aromatic nitrogens is 1. The molecule has 14 heavy (non-hydrogen) atoms. The molecular weight excluding hydrogens is 233 g/mol. The molecule has 0 radical (unpaired) electrons. The molecule has 0 saturated carbocycles. The van der Waals surface area contributed by atoms with Gasteiger partial charge in [0.05, 0.1) is 5.56 Å². The van der Waals surface area contributed by atoms with Crippen molar-refractivity contribution >= 4 is 5.97 Å². The Bertz CT molecular complexity index is 341. The van der Waals surface area contributed by atoms with Gasteiger partial charge in [0.2, 0.25) is 0 Å². The van der Waals surface area contributed by atoms with Crippen LogP contribution in [-0.2, 0) is 26.6 Å². The molecule has 76 valence electrons. The van der Waals surface area contributed by atoms with Crippen LogP contribution in [0.1, 0.15) is 10.4 Å². The van der Waals surface area contributed by atoms with Crippen LogP contribution in [0.2, 0.25) is 0 Å². The molecule has 0 fully saturated rings. The molecule has 0 aliphatic rings. The quantitative estimate of drug-likeness (QED) is 0.569. The van der Waals surface area contributed by atoms with Crippen molar-refractivity contribution in [3.8, 4) is 0 Å². The summed E-state index contributed by atoms with van der Waals surface area (Å²) in [6.07, 6.45) is 2.84. The summed E-state index contributed by atoms with van der Waals surface area (Å²) in [6.45, 7) is 0. The Labute approximate surface area is 83.3 Å². The van der Waals surface area contributed by atoms with Crippen molar-refractivity contribution in [1.29, 1.82) is 0 Å². The van der Waals surface area contributed by atoms with Crippen molar-refractivity contribution < 1.29 is 41.7 Å². The normalized spacial score (nSPS) is 8.36. The van der Waals surface area contributed by atoms with E-state index < -0.39 is 21.4 Å². The number of aromatic carboxylic acids is 1. The minimum atomic E-state index is -3.65. The summed E-state index contributed by atoms with van der Waals surface area (Å²) in [4.78, 5) is 13.8. The van der Waals surface area contributed by atoms with Crippen molar-refractivity contribution in [3.63, 3.8) is 0 Å². The zero-order valence-electron chi connectivity index (χ0n) is 6.73. The zero-order valence-corrected chi connectivity index (χ0v) is 8.13. The van der Waals surface area contributed by atoms with Crippen molar-refractivity contribution in [2.24, 2.45) is 0 Å². The molecule has 0 bridgehead atoms. The number of rotatable bonds is 2. The first-order valence-electron chi connectivity index (χ1n) is 3.17. The molecular formula is C6H6NO6V. The summed E-state index contributed by atoms with van der Waals surface area (Å²) in [6, 6.07) is 3.08. The van der Waals surface area contributed by atoms with E-state index in [1.165, 1.54) is 18.5 Å². The number of carboxylic acid groups (broad SMARTS) is 1. The maximum absolute atomic E-state index is 10.2. The van der Waals surface area contributed by atoms with Gasteiger partial charge in [-0.3, -0.25) is 4.98 Å². The summed E-state index contributed by atoms with van der Waals surface area (Å²) in [5, 5.41) is 15.4. The fraction of sp³-hybridized carbons (Fsp3) is 0. The zero-order chi connectivity index (χ0) is 11.0. The van der Waals surface area contributed by atoms with Gasteiger partial charge in [0.1, 0.15) is 0 Å². The van der Waals surface area contributed by atoms with Gasteiger partial charge in [0.15, 0.2) is 0 Å². The number of hydrogen-bond acceptors (Lipinski definition) is 6. The summed E-state index contributed by atoms with van der Waals surface area (Å²) in [5.74, 6) is -0.942. The van der Waals surface area contributed by atoms with Gasteiger partial charge in [-0.25, -0.2) is 4.79 Å². The Kier molecular flexibility index (Phi) is 6.51. The monoisotopic (exact) mass is 239 g/mol. The van der Waals surface area contributed by atoms with E-state index in [9.17, 15) is 4.79 Å². The van der Waals surface area contributed by atoms with Gasteiger partial charge in [-0.1, -0.05) is 0 Å². The van der Waals surface area contributed by atoms with Crippen molar-refractivity contribution in [1.82, 2.24) is 4.98 Å². The molecule has 1 aromatic rings. The van der Waals surface area contributed by atoms with E-state index in [0.717, 1.165) is 0 Å². The molecule has 0 saturated heterocycles. The topological polar surface area (TPSA) is 114 Å². The molecule has 1 rings (SSSR count). The predicted octanol–water partition coefficient (Wildman–Crippen LogP) is 0.480. The third-order valence-electron chi connectivity index (χ3n) is 0.975. The summed E-state index contributed by atoms with van der Waals surface area (Å²) in [5.41, 5.74) is 0.220. The van der Waals surface area contributed by atoms with Crippen molar-refractivity contribution in [3.05, 3.63) is 30.1 Å². The van der Waals surface area contributed by atoms with Gasteiger partial charge in [0, 0.05) is 12.4 Å². The molecule has 1 heterocycles. The first-order chi connectivity index (χ1) is 6.57. The van der Waals surface area contributed by atoms with Crippen LogP contribution in [0.15, 0.2) is 24.5 Å². The minimum absolute atomic E-state index is 0.220.